The molecule has 2 aromatic heterocycles. The van der Waals surface area contributed by atoms with E-state index in [1.165, 1.54) is 82.2 Å². The van der Waals surface area contributed by atoms with Gasteiger partial charge in [-0.3, -0.25) is 4.40 Å². The van der Waals surface area contributed by atoms with Crippen molar-refractivity contribution in [3.05, 3.63) is 181 Å². The molecule has 0 saturated carbocycles. The van der Waals surface area contributed by atoms with Crippen LogP contribution in [0.1, 0.15) is 25.0 Å². The van der Waals surface area contributed by atoms with Crippen LogP contribution in [0.2, 0.25) is 0 Å². The molecule has 0 saturated heterocycles. The van der Waals surface area contributed by atoms with Gasteiger partial charge in [0.15, 0.2) is 0 Å². The molecule has 0 spiro atoms. The standard InChI is InChI=1S/C50H34N2/c1-50(2)43-17-9-8-14-37(43)40-28-41-42(29-44(40)50)48(38-15-6-7-16-39(38)49(41)36-24-19-31-11-3-4-13-35(31)27-36)34-22-20-32(21-23-34)45-30-52-46-18-10-5-12-33(46)25-26-47(52)51-45/h3-30H,1-2H3. The minimum atomic E-state index is -0.108. The molecule has 0 unspecified atom stereocenters. The quantitative estimate of drug-likeness (QED) is 0.172. The number of nitrogens with zero attached hydrogens (tertiary/aromatic N) is 2. The zero-order valence-electron chi connectivity index (χ0n) is 29.1. The van der Waals surface area contributed by atoms with E-state index in [0.29, 0.717) is 0 Å². The first-order valence-corrected chi connectivity index (χ1v) is 18.1. The molecular weight excluding hydrogens is 629 g/mol. The summed E-state index contributed by atoms with van der Waals surface area (Å²) in [6.45, 7) is 4.75. The van der Waals surface area contributed by atoms with Crippen molar-refractivity contribution in [2.45, 2.75) is 19.3 Å². The van der Waals surface area contributed by atoms with E-state index in [0.717, 1.165) is 22.4 Å². The first kappa shape index (κ1) is 29.2. The van der Waals surface area contributed by atoms with Crippen molar-refractivity contribution in [2.75, 3.05) is 0 Å². The zero-order chi connectivity index (χ0) is 34.6. The molecule has 2 heterocycles. The molecule has 10 aromatic rings. The highest BCUT2D eigenvalue weighted by Crippen LogP contribution is 2.53. The Morgan fingerprint density at radius 2 is 1.06 bits per heavy atom. The van der Waals surface area contributed by atoms with Crippen LogP contribution in [0, 0.1) is 0 Å². The van der Waals surface area contributed by atoms with E-state index in [9.17, 15) is 0 Å². The molecule has 0 radical (unpaired) electrons. The van der Waals surface area contributed by atoms with Gasteiger partial charge in [0.2, 0.25) is 0 Å². The lowest BCUT2D eigenvalue weighted by molar-refractivity contribution is 0.661. The minimum absolute atomic E-state index is 0.108. The monoisotopic (exact) mass is 662 g/mol. The number of aromatic nitrogens is 2. The summed E-state index contributed by atoms with van der Waals surface area (Å²) < 4.78 is 2.20. The molecule has 8 aromatic carbocycles. The molecule has 2 heteroatoms. The number of imidazole rings is 1. The summed E-state index contributed by atoms with van der Waals surface area (Å²) in [6.07, 6.45) is 2.17. The Bertz CT molecular complexity index is 3090. The van der Waals surface area contributed by atoms with Crippen LogP contribution in [0.4, 0.5) is 0 Å². The first-order valence-electron chi connectivity index (χ1n) is 18.1. The van der Waals surface area contributed by atoms with Gasteiger partial charge < -0.3 is 0 Å². The fraction of sp³-hybridized carbons (Fsp3) is 0.0600. The second-order valence-electron chi connectivity index (χ2n) is 14.8. The molecule has 11 rings (SSSR count). The van der Waals surface area contributed by atoms with Gasteiger partial charge in [-0.05, 0) is 119 Å². The highest BCUT2D eigenvalue weighted by atomic mass is 15.0. The van der Waals surface area contributed by atoms with Crippen LogP contribution in [0.3, 0.4) is 0 Å². The summed E-state index contributed by atoms with van der Waals surface area (Å²) in [4.78, 5) is 5.04. The van der Waals surface area contributed by atoms with Crippen molar-refractivity contribution in [1.82, 2.24) is 9.38 Å². The number of benzene rings is 8. The average molecular weight is 663 g/mol. The maximum absolute atomic E-state index is 5.04. The molecule has 0 aliphatic heterocycles. The van der Waals surface area contributed by atoms with Crippen molar-refractivity contribution in [3.8, 4) is 44.6 Å². The van der Waals surface area contributed by atoms with Gasteiger partial charge in [-0.2, -0.15) is 0 Å². The summed E-state index contributed by atoms with van der Waals surface area (Å²) in [6, 6.07) is 60.4. The molecule has 52 heavy (non-hydrogen) atoms. The van der Waals surface area contributed by atoms with Crippen molar-refractivity contribution in [3.63, 3.8) is 0 Å². The Kier molecular flexibility index (Phi) is 6.04. The van der Waals surface area contributed by atoms with E-state index in [-0.39, 0.29) is 5.41 Å². The third-order valence-corrected chi connectivity index (χ3v) is 11.6. The van der Waals surface area contributed by atoms with Gasteiger partial charge in [0.05, 0.1) is 11.2 Å². The molecule has 1 aliphatic carbocycles. The largest absolute Gasteiger partial charge is 0.299 e. The van der Waals surface area contributed by atoms with Gasteiger partial charge in [-0.1, -0.05) is 141 Å². The van der Waals surface area contributed by atoms with Gasteiger partial charge >= 0.3 is 0 Å². The number of pyridine rings is 1. The van der Waals surface area contributed by atoms with E-state index >= 15 is 0 Å². The summed E-state index contributed by atoms with van der Waals surface area (Å²) in [5, 5.41) is 8.81. The first-order chi connectivity index (χ1) is 25.5. The number of para-hydroxylation sites is 1. The molecule has 0 atom stereocenters. The van der Waals surface area contributed by atoms with E-state index in [2.05, 4.69) is 188 Å². The fourth-order valence-corrected chi connectivity index (χ4v) is 9.00. The Labute approximate surface area is 302 Å². The van der Waals surface area contributed by atoms with Crippen LogP contribution in [0.15, 0.2) is 170 Å². The van der Waals surface area contributed by atoms with Gasteiger partial charge in [-0.25, -0.2) is 4.98 Å². The van der Waals surface area contributed by atoms with E-state index in [4.69, 9.17) is 4.98 Å². The van der Waals surface area contributed by atoms with Crippen molar-refractivity contribution < 1.29 is 0 Å². The Hall–Kier alpha value is -6.51. The van der Waals surface area contributed by atoms with Crippen LogP contribution < -0.4 is 0 Å². The third-order valence-electron chi connectivity index (χ3n) is 11.6. The van der Waals surface area contributed by atoms with Crippen LogP contribution >= 0.6 is 0 Å². The van der Waals surface area contributed by atoms with E-state index in [1.54, 1.807) is 0 Å². The van der Waals surface area contributed by atoms with Crippen LogP contribution in [0.25, 0.3) is 93.5 Å². The summed E-state index contributed by atoms with van der Waals surface area (Å²) in [5.74, 6) is 0. The maximum Gasteiger partial charge on any atom is 0.137 e. The minimum Gasteiger partial charge on any atom is -0.299 e. The molecule has 0 fully saturated rings. The van der Waals surface area contributed by atoms with E-state index in [1.807, 2.05) is 0 Å². The highest BCUT2D eigenvalue weighted by molar-refractivity contribution is 6.23. The number of hydrogen-bond donors (Lipinski definition) is 0. The molecular formula is C50H34N2. The molecule has 244 valence electrons. The number of hydrogen-bond acceptors (Lipinski definition) is 1. The number of fused-ring (bicyclic) bond motifs is 9. The molecule has 0 N–H and O–H groups in total. The lowest BCUT2D eigenvalue weighted by Gasteiger charge is -2.24. The second kappa shape index (κ2) is 10.7. The zero-order valence-corrected chi connectivity index (χ0v) is 29.1. The predicted molar refractivity (Wildman–Crippen MR) is 219 cm³/mol. The van der Waals surface area contributed by atoms with Crippen LogP contribution in [-0.4, -0.2) is 9.38 Å². The van der Waals surface area contributed by atoms with Crippen LogP contribution in [0.5, 0.6) is 0 Å². The van der Waals surface area contributed by atoms with Gasteiger partial charge in [0, 0.05) is 17.2 Å². The summed E-state index contributed by atoms with van der Waals surface area (Å²) >= 11 is 0. The number of rotatable bonds is 3. The molecule has 0 bridgehead atoms. The molecule has 2 nitrogen and oxygen atoms in total. The van der Waals surface area contributed by atoms with Gasteiger partial charge in [0.1, 0.15) is 5.65 Å². The summed E-state index contributed by atoms with van der Waals surface area (Å²) in [5.41, 5.74) is 14.6. The summed E-state index contributed by atoms with van der Waals surface area (Å²) in [7, 11) is 0. The lowest BCUT2D eigenvalue weighted by atomic mass is 9.79. The lowest BCUT2D eigenvalue weighted by Crippen LogP contribution is -2.14. The highest BCUT2D eigenvalue weighted by Gasteiger charge is 2.36. The fourth-order valence-electron chi connectivity index (χ4n) is 9.00. The van der Waals surface area contributed by atoms with E-state index < -0.39 is 0 Å². The topological polar surface area (TPSA) is 17.3 Å². The van der Waals surface area contributed by atoms with Gasteiger partial charge in [0.25, 0.3) is 0 Å². The smallest absolute Gasteiger partial charge is 0.137 e. The third kappa shape index (κ3) is 4.15. The SMILES string of the molecule is CC1(C)c2ccccc2-c2cc3c(-c4ccc5ccccc5c4)c4ccccc4c(-c4ccc(-c5cn6c(ccc7ccccc76)n5)cc4)c3cc21. The normalized spacial score (nSPS) is 13.3. The Morgan fingerprint density at radius 1 is 0.442 bits per heavy atom. The molecule has 0 amide bonds. The maximum atomic E-state index is 5.04. The van der Waals surface area contributed by atoms with Crippen LogP contribution in [-0.2, 0) is 5.41 Å². The Balaban J connectivity index is 1.17. The van der Waals surface area contributed by atoms with Crippen molar-refractivity contribution in [1.29, 1.82) is 0 Å². The van der Waals surface area contributed by atoms with Gasteiger partial charge in [-0.15, -0.1) is 0 Å². The van der Waals surface area contributed by atoms with Crippen molar-refractivity contribution in [2.24, 2.45) is 0 Å². The van der Waals surface area contributed by atoms with Crippen molar-refractivity contribution >= 4 is 48.9 Å². The average Bonchev–Trinajstić information content (AvgIpc) is 3.73. The second-order valence-corrected chi connectivity index (χ2v) is 14.8. The molecule has 1 aliphatic rings. The Morgan fingerprint density at radius 3 is 1.88 bits per heavy atom. The predicted octanol–water partition coefficient (Wildman–Crippen LogP) is 13.3.